The molecule has 3 aromatic carbocycles. The van der Waals surface area contributed by atoms with Crippen molar-refractivity contribution in [3.63, 3.8) is 0 Å². The number of fused-ring (bicyclic) bond motifs is 1. The molecular weight excluding hydrogens is 474 g/mol. The Labute approximate surface area is 210 Å². The lowest BCUT2D eigenvalue weighted by atomic mass is 10.1. The minimum absolute atomic E-state index is 0.151. The number of carbonyl (C=O) groups excluding carboxylic acids is 1. The number of aromatic nitrogens is 2. The van der Waals surface area contributed by atoms with Crippen LogP contribution in [-0.4, -0.2) is 43.4 Å². The maximum absolute atomic E-state index is 14.2. The van der Waals surface area contributed by atoms with Gasteiger partial charge in [0.05, 0.1) is 10.9 Å². The van der Waals surface area contributed by atoms with Crippen molar-refractivity contribution in [3.05, 3.63) is 90.3 Å². The lowest BCUT2D eigenvalue weighted by Crippen LogP contribution is -2.47. The molecule has 0 aliphatic carbocycles. The molecular formula is C27H27N5O3S. The third-order valence-electron chi connectivity index (χ3n) is 6.45. The van der Waals surface area contributed by atoms with Crippen LogP contribution in [0.5, 0.6) is 0 Å². The predicted octanol–water partition coefficient (Wildman–Crippen LogP) is 4.14. The fraction of sp³-hybridized carbons (Fsp3) is 0.222. The zero-order valence-corrected chi connectivity index (χ0v) is 20.7. The Morgan fingerprint density at radius 3 is 2.31 bits per heavy atom. The highest BCUT2D eigenvalue weighted by atomic mass is 32.2. The molecule has 0 saturated carbocycles. The number of amides is 1. The summed E-state index contributed by atoms with van der Waals surface area (Å²) in [6, 6.07) is 19.1. The molecule has 36 heavy (non-hydrogen) atoms. The summed E-state index contributed by atoms with van der Waals surface area (Å²) in [5, 5.41) is 7.41. The van der Waals surface area contributed by atoms with Crippen LogP contribution in [0.3, 0.4) is 0 Å². The Morgan fingerprint density at radius 2 is 1.58 bits per heavy atom. The van der Waals surface area contributed by atoms with Crippen molar-refractivity contribution >= 4 is 38.3 Å². The molecule has 5 rings (SSSR count). The van der Waals surface area contributed by atoms with Gasteiger partial charge in [-0.1, -0.05) is 42.5 Å². The van der Waals surface area contributed by atoms with Crippen molar-refractivity contribution in [2.75, 3.05) is 22.7 Å². The minimum atomic E-state index is -4.02. The third-order valence-corrected chi connectivity index (χ3v) is 8.34. The molecule has 9 heteroatoms. The number of piperidine rings is 1. The standard InChI is InChI=1S/C27H27N5O3S/c1-19-7-2-3-8-21(19)26(33)31-24-11-12-25(23-10-5-4-9-22(23)24)36(34,35)32(20-13-17-28-18-14-20)27-29-15-6-16-30-27/h2-12,15-16,20,28H,13-14,17-18H2,1H3,(H,31,33). The Hall–Kier alpha value is -3.82. The molecule has 2 heterocycles. The van der Waals surface area contributed by atoms with E-state index in [-0.39, 0.29) is 22.8 Å². The summed E-state index contributed by atoms with van der Waals surface area (Å²) in [6.45, 7) is 3.31. The maximum Gasteiger partial charge on any atom is 0.267 e. The van der Waals surface area contributed by atoms with Gasteiger partial charge in [-0.05, 0) is 62.7 Å². The molecule has 2 N–H and O–H groups in total. The van der Waals surface area contributed by atoms with E-state index in [1.807, 2.05) is 37.3 Å². The summed E-state index contributed by atoms with van der Waals surface area (Å²) in [4.78, 5) is 21.7. The van der Waals surface area contributed by atoms with Gasteiger partial charge >= 0.3 is 0 Å². The van der Waals surface area contributed by atoms with E-state index in [4.69, 9.17) is 0 Å². The molecule has 4 aromatic rings. The summed E-state index contributed by atoms with van der Waals surface area (Å²) in [7, 11) is -4.02. The summed E-state index contributed by atoms with van der Waals surface area (Å²) < 4.78 is 29.7. The number of rotatable bonds is 6. The first-order valence-corrected chi connectivity index (χ1v) is 13.3. The second-order valence-electron chi connectivity index (χ2n) is 8.76. The highest BCUT2D eigenvalue weighted by Gasteiger charge is 2.35. The molecule has 8 nitrogen and oxygen atoms in total. The average molecular weight is 502 g/mol. The number of nitrogens with zero attached hydrogens (tertiary/aromatic N) is 3. The van der Waals surface area contributed by atoms with Crippen LogP contribution in [-0.2, 0) is 10.0 Å². The van der Waals surface area contributed by atoms with Crippen LogP contribution in [0.15, 0.2) is 84.0 Å². The second kappa shape index (κ2) is 10.0. The van der Waals surface area contributed by atoms with E-state index in [0.717, 1.165) is 5.56 Å². The first-order valence-electron chi connectivity index (χ1n) is 11.9. The number of anilines is 2. The Bertz CT molecular complexity index is 1500. The largest absolute Gasteiger partial charge is 0.321 e. The number of hydrogen-bond acceptors (Lipinski definition) is 6. The van der Waals surface area contributed by atoms with E-state index in [9.17, 15) is 13.2 Å². The van der Waals surface area contributed by atoms with Crippen LogP contribution in [0.25, 0.3) is 10.8 Å². The number of hydrogen-bond donors (Lipinski definition) is 2. The van der Waals surface area contributed by atoms with Gasteiger partial charge in [-0.25, -0.2) is 22.7 Å². The molecule has 184 valence electrons. The van der Waals surface area contributed by atoms with Gasteiger partial charge in [-0.2, -0.15) is 0 Å². The fourth-order valence-electron chi connectivity index (χ4n) is 4.64. The lowest BCUT2D eigenvalue weighted by molar-refractivity contribution is 0.102. The zero-order chi connectivity index (χ0) is 25.1. The zero-order valence-electron chi connectivity index (χ0n) is 19.9. The summed E-state index contributed by atoms with van der Waals surface area (Å²) in [5.74, 6) is -0.0895. The predicted molar refractivity (Wildman–Crippen MR) is 141 cm³/mol. The van der Waals surface area contributed by atoms with E-state index < -0.39 is 10.0 Å². The normalized spacial score (nSPS) is 14.5. The molecule has 0 bridgehead atoms. The van der Waals surface area contributed by atoms with Crippen LogP contribution < -0.4 is 14.9 Å². The number of benzene rings is 3. The lowest BCUT2D eigenvalue weighted by Gasteiger charge is -2.34. The quantitative estimate of drug-likeness (QED) is 0.412. The smallest absolute Gasteiger partial charge is 0.267 e. The van der Waals surface area contributed by atoms with Crippen molar-refractivity contribution in [2.45, 2.75) is 30.7 Å². The maximum atomic E-state index is 14.2. The number of nitrogens with one attached hydrogen (secondary N) is 2. The SMILES string of the molecule is Cc1ccccc1C(=O)Nc1ccc(S(=O)(=O)N(c2ncccn2)C2CCNCC2)c2ccccc12. The van der Waals surface area contributed by atoms with Gasteiger partial charge < -0.3 is 10.6 Å². The van der Waals surface area contributed by atoms with Crippen molar-refractivity contribution in [1.29, 1.82) is 0 Å². The second-order valence-corrected chi connectivity index (χ2v) is 10.5. The molecule has 1 amide bonds. The topological polar surface area (TPSA) is 104 Å². The van der Waals surface area contributed by atoms with Crippen molar-refractivity contribution in [2.24, 2.45) is 0 Å². The molecule has 0 spiro atoms. The van der Waals surface area contributed by atoms with Crippen LogP contribution in [0.2, 0.25) is 0 Å². The Kier molecular flexibility index (Phi) is 6.67. The molecule has 0 radical (unpaired) electrons. The van der Waals surface area contributed by atoms with E-state index >= 15 is 0 Å². The van der Waals surface area contributed by atoms with Crippen molar-refractivity contribution in [3.8, 4) is 0 Å². The number of sulfonamides is 1. The highest BCUT2D eigenvalue weighted by Crippen LogP contribution is 2.34. The molecule has 1 aliphatic rings. The number of carbonyl (C=O) groups is 1. The van der Waals surface area contributed by atoms with Gasteiger partial charge in [0, 0.05) is 34.4 Å². The summed E-state index contributed by atoms with van der Waals surface area (Å²) in [5.41, 5.74) is 1.97. The molecule has 1 fully saturated rings. The molecule has 0 unspecified atom stereocenters. The van der Waals surface area contributed by atoms with Gasteiger partial charge in [0.2, 0.25) is 5.95 Å². The summed E-state index contributed by atoms with van der Waals surface area (Å²) in [6.07, 6.45) is 4.41. The molecule has 1 aromatic heterocycles. The van der Waals surface area contributed by atoms with Gasteiger partial charge in [0.25, 0.3) is 15.9 Å². The third kappa shape index (κ3) is 4.55. The Balaban J connectivity index is 1.59. The highest BCUT2D eigenvalue weighted by molar-refractivity contribution is 7.93. The monoisotopic (exact) mass is 501 g/mol. The van der Waals surface area contributed by atoms with E-state index in [0.29, 0.717) is 48.0 Å². The fourth-order valence-corrected chi connectivity index (χ4v) is 6.46. The van der Waals surface area contributed by atoms with Gasteiger partial charge in [-0.15, -0.1) is 0 Å². The van der Waals surface area contributed by atoms with Crippen LogP contribution >= 0.6 is 0 Å². The van der Waals surface area contributed by atoms with E-state index in [2.05, 4.69) is 20.6 Å². The van der Waals surface area contributed by atoms with Crippen LogP contribution in [0, 0.1) is 6.92 Å². The van der Waals surface area contributed by atoms with Crippen molar-refractivity contribution < 1.29 is 13.2 Å². The first-order chi connectivity index (χ1) is 17.5. The Morgan fingerprint density at radius 1 is 0.917 bits per heavy atom. The van der Waals surface area contributed by atoms with Crippen LogP contribution in [0.4, 0.5) is 11.6 Å². The first kappa shape index (κ1) is 23.9. The van der Waals surface area contributed by atoms with E-state index in [1.165, 1.54) is 4.31 Å². The van der Waals surface area contributed by atoms with Gasteiger partial charge in [-0.3, -0.25) is 4.79 Å². The molecule has 1 saturated heterocycles. The summed E-state index contributed by atoms with van der Waals surface area (Å²) >= 11 is 0. The average Bonchev–Trinajstić information content (AvgIpc) is 2.90. The molecule has 1 aliphatic heterocycles. The van der Waals surface area contributed by atoms with Gasteiger partial charge in [0.1, 0.15) is 0 Å². The molecule has 0 atom stereocenters. The van der Waals surface area contributed by atoms with Crippen LogP contribution in [0.1, 0.15) is 28.8 Å². The van der Waals surface area contributed by atoms with Crippen molar-refractivity contribution in [1.82, 2.24) is 15.3 Å². The number of aryl methyl sites for hydroxylation is 1. The van der Waals surface area contributed by atoms with Gasteiger partial charge in [0.15, 0.2) is 0 Å². The minimum Gasteiger partial charge on any atom is -0.321 e. The van der Waals surface area contributed by atoms with E-state index in [1.54, 1.807) is 48.8 Å².